The van der Waals surface area contributed by atoms with Gasteiger partial charge in [0.25, 0.3) is 0 Å². The van der Waals surface area contributed by atoms with Crippen LogP contribution in [-0.2, 0) is 4.79 Å². The predicted octanol–water partition coefficient (Wildman–Crippen LogP) is -0.141. The highest BCUT2D eigenvalue weighted by Gasteiger charge is 2.17. The van der Waals surface area contributed by atoms with E-state index >= 15 is 0 Å². The molecule has 0 saturated carbocycles. The van der Waals surface area contributed by atoms with E-state index in [0.29, 0.717) is 0 Å². The van der Waals surface area contributed by atoms with E-state index in [4.69, 9.17) is 0 Å². The van der Waals surface area contributed by atoms with Gasteiger partial charge in [-0.1, -0.05) is 20.8 Å². The van der Waals surface area contributed by atoms with Crippen LogP contribution >= 0.6 is 0 Å². The molecule has 0 bridgehead atoms. The number of carbonyl (C=O) groups is 2. The molecule has 5 heteroatoms. The smallest absolute Gasteiger partial charge is 0.315 e. The van der Waals surface area contributed by atoms with Crippen LogP contribution in [0.4, 0.5) is 4.79 Å². The van der Waals surface area contributed by atoms with Gasteiger partial charge in [0, 0.05) is 6.04 Å². The van der Waals surface area contributed by atoms with Crippen molar-refractivity contribution in [1.82, 2.24) is 10.6 Å². The Kier molecular flexibility index (Phi) is 5.74. The SMILES string of the molecule is CC[C@@H](C)NC(=O)N[C@H](C(=O)[O-])C(C)C. The molecule has 88 valence electrons. The topological polar surface area (TPSA) is 81.3 Å². The summed E-state index contributed by atoms with van der Waals surface area (Å²) in [7, 11) is 0. The van der Waals surface area contributed by atoms with Gasteiger partial charge >= 0.3 is 6.03 Å². The first-order valence-corrected chi connectivity index (χ1v) is 5.16. The summed E-state index contributed by atoms with van der Waals surface area (Å²) in [4.78, 5) is 22.0. The maximum atomic E-state index is 11.3. The van der Waals surface area contributed by atoms with E-state index in [9.17, 15) is 14.7 Å². The van der Waals surface area contributed by atoms with Gasteiger partial charge in [-0.25, -0.2) is 4.79 Å². The molecule has 2 amide bonds. The summed E-state index contributed by atoms with van der Waals surface area (Å²) in [5.41, 5.74) is 0. The van der Waals surface area contributed by atoms with Gasteiger partial charge in [-0.05, 0) is 19.3 Å². The standard InChI is InChI=1S/C10H20N2O3/c1-5-7(4)11-10(15)12-8(6(2)3)9(13)14/h6-8H,5H2,1-4H3,(H,13,14)(H2,11,12,15)/p-1/t7-,8+/m1/s1. The highest BCUT2D eigenvalue weighted by molar-refractivity contribution is 5.81. The lowest BCUT2D eigenvalue weighted by Crippen LogP contribution is -2.54. The number of amides is 2. The third-order valence-electron chi connectivity index (χ3n) is 2.20. The first-order valence-electron chi connectivity index (χ1n) is 5.16. The third-order valence-corrected chi connectivity index (χ3v) is 2.20. The minimum Gasteiger partial charge on any atom is -0.548 e. The van der Waals surface area contributed by atoms with Crippen molar-refractivity contribution in [3.05, 3.63) is 0 Å². The number of carboxylic acid groups (broad SMARTS) is 1. The van der Waals surface area contributed by atoms with Crippen LogP contribution in [0, 0.1) is 5.92 Å². The normalized spacial score (nSPS) is 14.5. The summed E-state index contributed by atoms with van der Waals surface area (Å²) >= 11 is 0. The zero-order chi connectivity index (χ0) is 12.0. The van der Waals surface area contributed by atoms with Crippen molar-refractivity contribution in [2.75, 3.05) is 0 Å². The lowest BCUT2D eigenvalue weighted by molar-refractivity contribution is -0.309. The number of rotatable bonds is 5. The lowest BCUT2D eigenvalue weighted by Gasteiger charge is -2.24. The molecular weight excluding hydrogens is 196 g/mol. The Hall–Kier alpha value is -1.26. The van der Waals surface area contributed by atoms with Crippen molar-refractivity contribution in [3.63, 3.8) is 0 Å². The zero-order valence-corrected chi connectivity index (χ0v) is 9.66. The summed E-state index contributed by atoms with van der Waals surface area (Å²) in [6.45, 7) is 7.21. The van der Waals surface area contributed by atoms with E-state index in [1.165, 1.54) is 0 Å². The van der Waals surface area contributed by atoms with E-state index in [2.05, 4.69) is 10.6 Å². The fourth-order valence-electron chi connectivity index (χ4n) is 1.01. The number of carbonyl (C=O) groups excluding carboxylic acids is 2. The van der Waals surface area contributed by atoms with Gasteiger partial charge < -0.3 is 20.5 Å². The quantitative estimate of drug-likeness (QED) is 0.669. The first kappa shape index (κ1) is 13.7. The van der Waals surface area contributed by atoms with Crippen molar-refractivity contribution in [1.29, 1.82) is 0 Å². The molecule has 0 aliphatic rings. The summed E-state index contributed by atoms with van der Waals surface area (Å²) in [5, 5.41) is 15.7. The van der Waals surface area contributed by atoms with E-state index in [-0.39, 0.29) is 12.0 Å². The minimum atomic E-state index is -1.26. The molecule has 0 heterocycles. The van der Waals surface area contributed by atoms with Gasteiger partial charge in [-0.15, -0.1) is 0 Å². The van der Waals surface area contributed by atoms with E-state index in [1.807, 2.05) is 13.8 Å². The second kappa shape index (κ2) is 6.27. The molecule has 2 N–H and O–H groups in total. The molecule has 0 spiro atoms. The molecule has 2 atom stereocenters. The summed E-state index contributed by atoms with van der Waals surface area (Å²) < 4.78 is 0. The first-order chi connectivity index (χ1) is 6.88. The number of carboxylic acids is 1. The molecule has 0 unspecified atom stereocenters. The summed E-state index contributed by atoms with van der Waals surface area (Å²) in [6.07, 6.45) is 0.797. The molecule has 0 aromatic rings. The third kappa shape index (κ3) is 5.24. The second-order valence-corrected chi connectivity index (χ2v) is 3.97. The van der Waals surface area contributed by atoms with Gasteiger partial charge in [-0.3, -0.25) is 0 Å². The molecule has 0 fully saturated rings. The number of hydrogen-bond acceptors (Lipinski definition) is 3. The van der Waals surface area contributed by atoms with Gasteiger partial charge in [0.05, 0.1) is 12.0 Å². The lowest BCUT2D eigenvalue weighted by atomic mass is 10.1. The van der Waals surface area contributed by atoms with Gasteiger partial charge in [-0.2, -0.15) is 0 Å². The molecule has 0 saturated heterocycles. The Morgan fingerprint density at radius 3 is 2.07 bits per heavy atom. The molecule has 15 heavy (non-hydrogen) atoms. The van der Waals surface area contributed by atoms with Gasteiger partial charge in [0.2, 0.25) is 0 Å². The molecule has 0 rings (SSSR count). The molecule has 0 aromatic heterocycles. The Morgan fingerprint density at radius 2 is 1.73 bits per heavy atom. The number of hydrogen-bond donors (Lipinski definition) is 2. The van der Waals surface area contributed by atoms with E-state index in [1.54, 1.807) is 13.8 Å². The molecular formula is C10H19N2O3-. The fraction of sp³-hybridized carbons (Fsp3) is 0.800. The Morgan fingerprint density at radius 1 is 1.20 bits per heavy atom. The number of aliphatic carboxylic acids is 1. The monoisotopic (exact) mass is 215 g/mol. The predicted molar refractivity (Wildman–Crippen MR) is 55.1 cm³/mol. The van der Waals surface area contributed by atoms with Crippen LogP contribution in [0.15, 0.2) is 0 Å². The molecule has 0 radical (unpaired) electrons. The van der Waals surface area contributed by atoms with Crippen LogP contribution in [0.5, 0.6) is 0 Å². The minimum absolute atomic E-state index is 0.0274. The zero-order valence-electron chi connectivity index (χ0n) is 9.66. The molecule has 0 aromatic carbocycles. The Labute approximate surface area is 90.2 Å². The fourth-order valence-corrected chi connectivity index (χ4v) is 1.01. The summed E-state index contributed by atoms with van der Waals surface area (Å²) in [6, 6.07) is -1.39. The van der Waals surface area contributed by atoms with Crippen molar-refractivity contribution in [2.24, 2.45) is 5.92 Å². The van der Waals surface area contributed by atoms with Gasteiger partial charge in [0.15, 0.2) is 0 Å². The van der Waals surface area contributed by atoms with Crippen molar-refractivity contribution >= 4 is 12.0 Å². The average molecular weight is 215 g/mol. The average Bonchev–Trinajstić information content (AvgIpc) is 2.12. The van der Waals surface area contributed by atoms with Crippen LogP contribution in [0.3, 0.4) is 0 Å². The number of nitrogens with one attached hydrogen (secondary N) is 2. The van der Waals surface area contributed by atoms with Crippen LogP contribution in [-0.4, -0.2) is 24.1 Å². The Bertz CT molecular complexity index is 229. The largest absolute Gasteiger partial charge is 0.548 e. The maximum Gasteiger partial charge on any atom is 0.315 e. The van der Waals surface area contributed by atoms with Crippen LogP contribution in [0.2, 0.25) is 0 Å². The second-order valence-electron chi connectivity index (χ2n) is 3.97. The Balaban J connectivity index is 4.18. The highest BCUT2D eigenvalue weighted by atomic mass is 16.4. The van der Waals surface area contributed by atoms with Gasteiger partial charge in [0.1, 0.15) is 0 Å². The van der Waals surface area contributed by atoms with Crippen LogP contribution in [0.1, 0.15) is 34.1 Å². The highest BCUT2D eigenvalue weighted by Crippen LogP contribution is 2.00. The summed E-state index contributed by atoms with van der Waals surface area (Å²) in [5.74, 6) is -1.46. The molecule has 0 aliphatic carbocycles. The number of urea groups is 1. The molecule has 5 nitrogen and oxygen atoms in total. The maximum absolute atomic E-state index is 11.3. The molecule has 0 aliphatic heterocycles. The van der Waals surface area contributed by atoms with Crippen molar-refractivity contribution in [2.45, 2.75) is 46.2 Å². The van der Waals surface area contributed by atoms with Crippen molar-refractivity contribution in [3.8, 4) is 0 Å². The van der Waals surface area contributed by atoms with Crippen LogP contribution < -0.4 is 15.7 Å². The van der Waals surface area contributed by atoms with Crippen molar-refractivity contribution < 1.29 is 14.7 Å². The van der Waals surface area contributed by atoms with E-state index in [0.717, 1.165) is 6.42 Å². The van der Waals surface area contributed by atoms with Crippen LogP contribution in [0.25, 0.3) is 0 Å². The van der Waals surface area contributed by atoms with E-state index < -0.39 is 18.0 Å².